The Balaban J connectivity index is 1.72. The summed E-state index contributed by atoms with van der Waals surface area (Å²) < 4.78 is 6.72. The van der Waals surface area contributed by atoms with E-state index in [9.17, 15) is 0 Å². The maximum atomic E-state index is 6.16. The largest absolute Gasteiger partial charge is 0.367 e. The van der Waals surface area contributed by atoms with Gasteiger partial charge < -0.3 is 9.30 Å². The molecule has 1 aromatic heterocycles. The number of halogens is 4. The highest BCUT2D eigenvalue weighted by atomic mass is 35.6. The van der Waals surface area contributed by atoms with E-state index in [1.807, 2.05) is 47.2 Å². The van der Waals surface area contributed by atoms with Crippen LogP contribution >= 0.6 is 46.4 Å². The van der Waals surface area contributed by atoms with E-state index in [0.717, 1.165) is 11.1 Å². The van der Waals surface area contributed by atoms with Crippen LogP contribution in [0.15, 0.2) is 67.3 Å². The summed E-state index contributed by atoms with van der Waals surface area (Å²) in [5.41, 5.74) is 2.66. The van der Waals surface area contributed by atoms with Gasteiger partial charge in [0, 0.05) is 23.0 Å². The molecule has 7 heteroatoms. The molecule has 0 bridgehead atoms. The van der Waals surface area contributed by atoms with E-state index in [4.69, 9.17) is 51.1 Å². The van der Waals surface area contributed by atoms with Crippen molar-refractivity contribution in [3.63, 3.8) is 0 Å². The lowest BCUT2D eigenvalue weighted by molar-refractivity contribution is 0.0279. The third-order valence-corrected chi connectivity index (χ3v) is 4.82. The molecule has 2 aromatic carbocycles. The fourth-order valence-electron chi connectivity index (χ4n) is 2.50. The summed E-state index contributed by atoms with van der Waals surface area (Å²) >= 11 is 23.7. The number of nitrogens with zero attached hydrogens (tertiary/aromatic N) is 2. The second kappa shape index (κ2) is 8.64. The lowest BCUT2D eigenvalue weighted by Gasteiger charge is -2.19. The van der Waals surface area contributed by atoms with Crippen molar-refractivity contribution in [3.8, 4) is 0 Å². The SMILES string of the molecule is Clc1ccc(C(Cn2ccnc2)OCc2ccc(C(Cl)(Cl)Cl)cc2)cc1. The minimum atomic E-state index is -1.42. The number of hydrogen-bond donors (Lipinski definition) is 0. The Bertz CT molecular complexity index is 812. The summed E-state index contributed by atoms with van der Waals surface area (Å²) in [6, 6.07) is 15.0. The predicted octanol–water partition coefficient (Wildman–Crippen LogP) is 6.32. The van der Waals surface area contributed by atoms with Gasteiger partial charge in [-0.25, -0.2) is 4.98 Å². The summed E-state index contributed by atoms with van der Waals surface area (Å²) in [5, 5.41) is 0.692. The Morgan fingerprint density at radius 1 is 1.00 bits per heavy atom. The Morgan fingerprint density at radius 2 is 1.69 bits per heavy atom. The van der Waals surface area contributed by atoms with Crippen molar-refractivity contribution in [3.05, 3.63) is 89.0 Å². The van der Waals surface area contributed by atoms with Gasteiger partial charge in [-0.1, -0.05) is 82.8 Å². The summed E-state index contributed by atoms with van der Waals surface area (Å²) in [6.07, 6.45) is 5.27. The van der Waals surface area contributed by atoms with Crippen LogP contribution in [0.5, 0.6) is 0 Å². The van der Waals surface area contributed by atoms with Gasteiger partial charge in [0.15, 0.2) is 0 Å². The highest BCUT2D eigenvalue weighted by molar-refractivity contribution is 6.66. The molecule has 1 heterocycles. The molecular formula is C19H16Cl4N2O. The van der Waals surface area contributed by atoms with Crippen molar-refractivity contribution in [2.24, 2.45) is 0 Å². The van der Waals surface area contributed by atoms with Crippen LogP contribution in [0, 0.1) is 0 Å². The molecule has 0 saturated carbocycles. The molecule has 0 aliphatic carbocycles. The van der Waals surface area contributed by atoms with Crippen LogP contribution in [-0.4, -0.2) is 9.55 Å². The highest BCUT2D eigenvalue weighted by Crippen LogP contribution is 2.38. The van der Waals surface area contributed by atoms with Gasteiger partial charge in [-0.15, -0.1) is 0 Å². The third-order valence-electron chi connectivity index (χ3n) is 3.91. The van der Waals surface area contributed by atoms with Crippen LogP contribution < -0.4 is 0 Å². The third kappa shape index (κ3) is 5.38. The van der Waals surface area contributed by atoms with Gasteiger partial charge >= 0.3 is 0 Å². The highest BCUT2D eigenvalue weighted by Gasteiger charge is 2.22. The average molecular weight is 430 g/mol. The van der Waals surface area contributed by atoms with Gasteiger partial charge in [-0.05, 0) is 23.3 Å². The van der Waals surface area contributed by atoms with Crippen molar-refractivity contribution in [2.45, 2.75) is 23.0 Å². The second-order valence-electron chi connectivity index (χ2n) is 5.81. The zero-order valence-corrected chi connectivity index (χ0v) is 16.7. The van der Waals surface area contributed by atoms with Gasteiger partial charge in [0.05, 0.1) is 19.5 Å². The zero-order chi connectivity index (χ0) is 18.6. The van der Waals surface area contributed by atoms with E-state index in [1.165, 1.54) is 0 Å². The minimum Gasteiger partial charge on any atom is -0.367 e. The van der Waals surface area contributed by atoms with E-state index in [0.29, 0.717) is 23.7 Å². The standard InChI is InChI=1S/C19H16Cl4N2O/c20-17-7-3-15(4-8-17)18(11-25-10-9-24-13-25)26-12-14-1-5-16(6-2-14)19(21,22)23/h1-10,13,18H,11-12H2. The van der Waals surface area contributed by atoms with Crippen LogP contribution in [0.1, 0.15) is 22.8 Å². The van der Waals surface area contributed by atoms with E-state index >= 15 is 0 Å². The topological polar surface area (TPSA) is 27.1 Å². The van der Waals surface area contributed by atoms with E-state index in [-0.39, 0.29) is 6.10 Å². The molecule has 0 saturated heterocycles. The molecule has 3 nitrogen and oxygen atoms in total. The van der Waals surface area contributed by atoms with Crippen molar-refractivity contribution < 1.29 is 4.74 Å². The molecule has 3 aromatic rings. The summed E-state index contributed by atoms with van der Waals surface area (Å²) in [5.74, 6) is 0. The van der Waals surface area contributed by atoms with Gasteiger partial charge in [0.25, 0.3) is 0 Å². The molecule has 0 aliphatic rings. The van der Waals surface area contributed by atoms with Gasteiger partial charge in [0.1, 0.15) is 6.10 Å². The van der Waals surface area contributed by atoms with Crippen molar-refractivity contribution in [1.82, 2.24) is 9.55 Å². The molecule has 0 aliphatic heterocycles. The minimum absolute atomic E-state index is 0.144. The predicted molar refractivity (Wildman–Crippen MR) is 107 cm³/mol. The molecule has 0 spiro atoms. The molecule has 0 fully saturated rings. The smallest absolute Gasteiger partial charge is 0.216 e. The normalized spacial score (nSPS) is 12.9. The molecular weight excluding hydrogens is 414 g/mol. The molecule has 1 atom stereocenters. The average Bonchev–Trinajstić information content (AvgIpc) is 3.12. The second-order valence-corrected chi connectivity index (χ2v) is 8.52. The number of alkyl halides is 3. The lowest BCUT2D eigenvalue weighted by atomic mass is 10.1. The van der Waals surface area contributed by atoms with Crippen LogP contribution in [0.3, 0.4) is 0 Å². The fourth-order valence-corrected chi connectivity index (χ4v) is 3.01. The molecule has 26 heavy (non-hydrogen) atoms. The van der Waals surface area contributed by atoms with Crippen LogP contribution in [0.4, 0.5) is 0 Å². The van der Waals surface area contributed by atoms with Crippen LogP contribution in [-0.2, 0) is 21.7 Å². The molecule has 1 unspecified atom stereocenters. The number of hydrogen-bond acceptors (Lipinski definition) is 2. The maximum Gasteiger partial charge on any atom is 0.216 e. The van der Waals surface area contributed by atoms with E-state index in [1.54, 1.807) is 24.7 Å². The number of imidazole rings is 1. The first kappa shape index (κ1) is 19.5. The van der Waals surface area contributed by atoms with Crippen LogP contribution in [0.2, 0.25) is 5.02 Å². The van der Waals surface area contributed by atoms with Gasteiger partial charge in [0.2, 0.25) is 3.79 Å². The fraction of sp³-hybridized carbons (Fsp3) is 0.211. The maximum absolute atomic E-state index is 6.16. The Hall–Kier alpha value is -1.23. The van der Waals surface area contributed by atoms with Crippen molar-refractivity contribution in [2.75, 3.05) is 0 Å². The molecule has 0 radical (unpaired) electrons. The van der Waals surface area contributed by atoms with Gasteiger partial charge in [-0.2, -0.15) is 0 Å². The quantitative estimate of drug-likeness (QED) is 0.428. The number of benzene rings is 2. The van der Waals surface area contributed by atoms with E-state index < -0.39 is 3.79 Å². The Morgan fingerprint density at radius 3 is 2.27 bits per heavy atom. The number of ether oxygens (including phenoxy) is 1. The molecule has 0 N–H and O–H groups in total. The Kier molecular flexibility index (Phi) is 6.49. The zero-order valence-electron chi connectivity index (χ0n) is 13.7. The van der Waals surface area contributed by atoms with E-state index in [2.05, 4.69) is 4.98 Å². The lowest BCUT2D eigenvalue weighted by Crippen LogP contribution is -2.12. The summed E-state index contributed by atoms with van der Waals surface area (Å²) in [6.45, 7) is 1.08. The molecule has 3 rings (SSSR count). The monoisotopic (exact) mass is 428 g/mol. The van der Waals surface area contributed by atoms with Crippen molar-refractivity contribution in [1.29, 1.82) is 0 Å². The number of rotatable bonds is 6. The molecule has 136 valence electrons. The molecule has 0 amide bonds. The van der Waals surface area contributed by atoms with Crippen LogP contribution in [0.25, 0.3) is 0 Å². The first-order valence-electron chi connectivity index (χ1n) is 7.91. The first-order chi connectivity index (χ1) is 12.4. The number of aromatic nitrogens is 2. The van der Waals surface area contributed by atoms with Gasteiger partial charge in [-0.3, -0.25) is 0 Å². The van der Waals surface area contributed by atoms with Crippen molar-refractivity contribution >= 4 is 46.4 Å². The Labute approximate surface area is 172 Å². The summed E-state index contributed by atoms with van der Waals surface area (Å²) in [4.78, 5) is 4.08. The summed E-state index contributed by atoms with van der Waals surface area (Å²) in [7, 11) is 0. The first-order valence-corrected chi connectivity index (χ1v) is 9.42.